The standard InChI is InChI=1S/C38H72NO8P/c1-6-8-10-12-14-16-17-18-19-20-21-23-24-26-28-30-37(40)44-34-36(35-46-48(42,43)45-33-32-39(3,4)5)47-38(41)31-29-27-25-22-15-13-11-9-7-2/h14,16,18-19,36H,6-13,15,17,20-35H2,1-5H3/b16-14-,19-18-/t36-/m1/s1. The van der Waals surface area contributed by atoms with E-state index in [1.54, 1.807) is 0 Å². The zero-order valence-corrected chi connectivity index (χ0v) is 32.3. The summed E-state index contributed by atoms with van der Waals surface area (Å²) in [5.74, 6) is -0.854. The lowest BCUT2D eigenvalue weighted by Crippen LogP contribution is -2.37. The van der Waals surface area contributed by atoms with Gasteiger partial charge in [0, 0.05) is 12.8 Å². The molecule has 0 aromatic rings. The second-order valence-electron chi connectivity index (χ2n) is 13.9. The van der Waals surface area contributed by atoms with E-state index in [-0.39, 0.29) is 26.1 Å². The number of unbranched alkanes of at least 4 members (excludes halogenated alkanes) is 16. The van der Waals surface area contributed by atoms with Crippen LogP contribution in [0.4, 0.5) is 0 Å². The van der Waals surface area contributed by atoms with Gasteiger partial charge >= 0.3 is 11.9 Å². The Hall–Kier alpha value is -1.51. The van der Waals surface area contributed by atoms with Gasteiger partial charge in [-0.2, -0.15) is 0 Å². The van der Waals surface area contributed by atoms with E-state index >= 15 is 0 Å². The van der Waals surface area contributed by atoms with Gasteiger partial charge in [0.25, 0.3) is 7.82 Å². The molecule has 0 N–H and O–H groups in total. The van der Waals surface area contributed by atoms with Crippen LogP contribution in [0.25, 0.3) is 0 Å². The molecule has 48 heavy (non-hydrogen) atoms. The summed E-state index contributed by atoms with van der Waals surface area (Å²) in [6, 6.07) is 0. The third-order valence-electron chi connectivity index (χ3n) is 7.97. The number of esters is 2. The molecule has 1 unspecified atom stereocenters. The molecule has 0 saturated carbocycles. The first-order chi connectivity index (χ1) is 23.0. The molecule has 0 amide bonds. The average Bonchev–Trinajstić information content (AvgIpc) is 3.02. The summed E-state index contributed by atoms with van der Waals surface area (Å²) in [6.45, 7) is 4.14. The molecule has 0 fully saturated rings. The Bertz CT molecular complexity index is 886. The fraction of sp³-hybridized carbons (Fsp3) is 0.842. The first kappa shape index (κ1) is 46.5. The molecular weight excluding hydrogens is 629 g/mol. The van der Waals surface area contributed by atoms with Gasteiger partial charge in [0.2, 0.25) is 0 Å². The Kier molecular flexibility index (Phi) is 30.5. The topological polar surface area (TPSA) is 111 Å². The van der Waals surface area contributed by atoms with Crippen LogP contribution in [0.3, 0.4) is 0 Å². The Labute approximate surface area is 294 Å². The van der Waals surface area contributed by atoms with Gasteiger partial charge in [0.15, 0.2) is 6.10 Å². The van der Waals surface area contributed by atoms with Gasteiger partial charge in [0.05, 0.1) is 27.7 Å². The van der Waals surface area contributed by atoms with Crippen molar-refractivity contribution in [3.63, 3.8) is 0 Å². The molecule has 0 bridgehead atoms. The van der Waals surface area contributed by atoms with Crippen molar-refractivity contribution in [1.82, 2.24) is 0 Å². The molecule has 0 heterocycles. The Balaban J connectivity index is 4.42. The van der Waals surface area contributed by atoms with Gasteiger partial charge in [-0.15, -0.1) is 0 Å². The van der Waals surface area contributed by atoms with Crippen molar-refractivity contribution in [2.24, 2.45) is 0 Å². The number of likely N-dealkylation sites (N-methyl/N-ethyl adjacent to an activating group) is 1. The summed E-state index contributed by atoms with van der Waals surface area (Å²) in [5, 5.41) is 0. The molecule has 10 heteroatoms. The third-order valence-corrected chi connectivity index (χ3v) is 8.94. The molecular formula is C38H72NO8P. The molecule has 0 rings (SSSR count). The van der Waals surface area contributed by atoms with Crippen LogP contribution in [0.2, 0.25) is 0 Å². The monoisotopic (exact) mass is 701 g/mol. The predicted octanol–water partition coefficient (Wildman–Crippen LogP) is 9.38. The Morgan fingerprint density at radius 1 is 0.646 bits per heavy atom. The Morgan fingerprint density at radius 2 is 1.12 bits per heavy atom. The molecule has 0 saturated heterocycles. The van der Waals surface area contributed by atoms with Gasteiger partial charge in [-0.1, -0.05) is 122 Å². The molecule has 0 spiro atoms. The summed E-state index contributed by atoms with van der Waals surface area (Å²) in [6.07, 6.45) is 30.6. The zero-order chi connectivity index (χ0) is 35.8. The largest absolute Gasteiger partial charge is 0.756 e. The van der Waals surface area contributed by atoms with Crippen LogP contribution < -0.4 is 4.89 Å². The molecule has 0 aromatic carbocycles. The first-order valence-electron chi connectivity index (χ1n) is 19.0. The minimum atomic E-state index is -4.61. The van der Waals surface area contributed by atoms with Crippen LogP contribution in [0, 0.1) is 0 Å². The molecule has 0 aliphatic carbocycles. The molecule has 0 radical (unpaired) electrons. The van der Waals surface area contributed by atoms with Crippen molar-refractivity contribution in [3.05, 3.63) is 24.3 Å². The maximum atomic E-state index is 12.5. The average molecular weight is 702 g/mol. The summed E-state index contributed by atoms with van der Waals surface area (Å²) in [4.78, 5) is 37.2. The highest BCUT2D eigenvalue weighted by atomic mass is 31.2. The van der Waals surface area contributed by atoms with Crippen molar-refractivity contribution < 1.29 is 42.1 Å². The molecule has 0 aromatic heterocycles. The number of rotatable bonds is 34. The highest BCUT2D eigenvalue weighted by Crippen LogP contribution is 2.38. The third kappa shape index (κ3) is 34.4. The van der Waals surface area contributed by atoms with Crippen LogP contribution in [0.1, 0.15) is 155 Å². The fourth-order valence-corrected chi connectivity index (χ4v) is 5.65. The lowest BCUT2D eigenvalue weighted by Gasteiger charge is -2.28. The van der Waals surface area contributed by atoms with Crippen molar-refractivity contribution in [2.75, 3.05) is 47.5 Å². The smallest absolute Gasteiger partial charge is 0.306 e. The van der Waals surface area contributed by atoms with Crippen LogP contribution in [0.5, 0.6) is 0 Å². The highest BCUT2D eigenvalue weighted by molar-refractivity contribution is 7.45. The number of carbonyl (C=O) groups excluding carboxylic acids is 2. The number of quaternary nitrogens is 1. The minimum absolute atomic E-state index is 0.0319. The normalized spacial score (nSPS) is 14.0. The van der Waals surface area contributed by atoms with Crippen molar-refractivity contribution in [1.29, 1.82) is 0 Å². The second-order valence-corrected chi connectivity index (χ2v) is 15.4. The molecule has 2 atom stereocenters. The quantitative estimate of drug-likeness (QED) is 0.0215. The number of nitrogens with zero attached hydrogens (tertiary/aromatic N) is 1. The highest BCUT2D eigenvalue weighted by Gasteiger charge is 2.21. The minimum Gasteiger partial charge on any atom is -0.756 e. The molecule has 9 nitrogen and oxygen atoms in total. The van der Waals surface area contributed by atoms with E-state index in [0.717, 1.165) is 57.8 Å². The summed E-state index contributed by atoms with van der Waals surface area (Å²) in [7, 11) is 1.16. The lowest BCUT2D eigenvalue weighted by atomic mass is 10.1. The van der Waals surface area contributed by atoms with Crippen LogP contribution in [-0.4, -0.2) is 70.0 Å². The predicted molar refractivity (Wildman–Crippen MR) is 194 cm³/mol. The van der Waals surface area contributed by atoms with Crippen molar-refractivity contribution >= 4 is 19.8 Å². The maximum absolute atomic E-state index is 12.5. The summed E-state index contributed by atoms with van der Waals surface area (Å²) in [5.41, 5.74) is 0. The van der Waals surface area contributed by atoms with E-state index in [0.29, 0.717) is 23.9 Å². The van der Waals surface area contributed by atoms with Gasteiger partial charge in [-0.25, -0.2) is 0 Å². The number of carbonyl (C=O) groups is 2. The number of ether oxygens (including phenoxy) is 2. The molecule has 0 aliphatic rings. The lowest BCUT2D eigenvalue weighted by molar-refractivity contribution is -0.870. The van der Waals surface area contributed by atoms with Crippen molar-refractivity contribution in [3.8, 4) is 0 Å². The van der Waals surface area contributed by atoms with E-state index in [9.17, 15) is 19.0 Å². The van der Waals surface area contributed by atoms with Crippen molar-refractivity contribution in [2.45, 2.75) is 161 Å². The first-order valence-corrected chi connectivity index (χ1v) is 20.5. The van der Waals surface area contributed by atoms with Crippen LogP contribution in [-0.2, 0) is 32.7 Å². The van der Waals surface area contributed by atoms with E-state index in [4.69, 9.17) is 18.5 Å². The number of hydrogen-bond acceptors (Lipinski definition) is 8. The van der Waals surface area contributed by atoms with E-state index in [1.807, 2.05) is 21.1 Å². The molecule has 282 valence electrons. The van der Waals surface area contributed by atoms with Gasteiger partial charge < -0.3 is 27.9 Å². The summed E-state index contributed by atoms with van der Waals surface area (Å²) >= 11 is 0. The van der Waals surface area contributed by atoms with Gasteiger partial charge in [-0.3, -0.25) is 14.2 Å². The van der Waals surface area contributed by atoms with E-state index < -0.39 is 32.5 Å². The second kappa shape index (κ2) is 31.5. The number of hydrogen-bond donors (Lipinski definition) is 0. The van der Waals surface area contributed by atoms with Gasteiger partial charge in [0.1, 0.15) is 19.8 Å². The van der Waals surface area contributed by atoms with E-state index in [2.05, 4.69) is 38.2 Å². The fourth-order valence-electron chi connectivity index (χ4n) is 4.92. The molecule has 0 aliphatic heterocycles. The number of phosphoric ester groups is 1. The SMILES string of the molecule is CCCCC/C=C\C/C=C\CCCCCCCC(=O)OC[C@H](COP(=O)([O-])OCC[N+](C)(C)C)OC(=O)CCCCCCCCCCC. The number of allylic oxidation sites excluding steroid dienone is 4. The van der Waals surface area contributed by atoms with Crippen LogP contribution >= 0.6 is 7.82 Å². The van der Waals surface area contributed by atoms with Crippen LogP contribution in [0.15, 0.2) is 24.3 Å². The summed E-state index contributed by atoms with van der Waals surface area (Å²) < 4.78 is 33.7. The van der Waals surface area contributed by atoms with E-state index in [1.165, 1.54) is 57.8 Å². The Morgan fingerprint density at radius 3 is 1.69 bits per heavy atom. The zero-order valence-electron chi connectivity index (χ0n) is 31.4. The number of phosphoric acid groups is 1. The maximum Gasteiger partial charge on any atom is 0.306 e. The van der Waals surface area contributed by atoms with Gasteiger partial charge in [-0.05, 0) is 44.9 Å².